The minimum Gasteiger partial charge on any atom is -0.349 e. The lowest BCUT2D eigenvalue weighted by atomic mass is 9.90. The van der Waals surface area contributed by atoms with Gasteiger partial charge in [-0.05, 0) is 45.1 Å². The molecule has 3 aliphatic rings. The maximum atomic E-state index is 12.5. The van der Waals surface area contributed by atoms with Crippen LogP contribution in [-0.4, -0.2) is 41.4 Å². The van der Waals surface area contributed by atoms with E-state index in [2.05, 4.69) is 10.2 Å². The van der Waals surface area contributed by atoms with Crippen LogP contribution in [0, 0.1) is 5.92 Å². The SMILES string of the molecule is CN1CC(Cl)CC1C(=O)NC12CCCC1CCC2. The number of carbonyl (C=O) groups is 1. The fraction of sp³-hybridized carbons (Fsp3) is 0.929. The second-order valence-corrected chi connectivity index (χ2v) is 7.03. The number of nitrogens with one attached hydrogen (secondary N) is 1. The van der Waals surface area contributed by atoms with Crippen LogP contribution in [0.5, 0.6) is 0 Å². The van der Waals surface area contributed by atoms with Crippen molar-refractivity contribution >= 4 is 17.5 Å². The summed E-state index contributed by atoms with van der Waals surface area (Å²) in [5, 5.41) is 3.54. The number of hydrogen-bond acceptors (Lipinski definition) is 2. The van der Waals surface area contributed by atoms with E-state index in [-0.39, 0.29) is 22.9 Å². The number of rotatable bonds is 2. The normalized spacial score (nSPS) is 44.2. The van der Waals surface area contributed by atoms with Gasteiger partial charge in [-0.15, -0.1) is 11.6 Å². The van der Waals surface area contributed by atoms with Crippen LogP contribution in [0.15, 0.2) is 0 Å². The standard InChI is InChI=1S/C14H23ClN2O/c1-17-9-11(15)8-12(17)13(18)16-14-6-2-4-10(14)5-3-7-14/h10-12H,2-9H2,1H3,(H,16,18). The van der Waals surface area contributed by atoms with Gasteiger partial charge < -0.3 is 5.32 Å². The molecule has 2 saturated carbocycles. The molecule has 1 amide bonds. The summed E-state index contributed by atoms with van der Waals surface area (Å²) in [6.45, 7) is 0.829. The number of fused-ring (bicyclic) bond motifs is 1. The molecule has 2 atom stereocenters. The summed E-state index contributed by atoms with van der Waals surface area (Å²) in [6, 6.07) is -0.0104. The van der Waals surface area contributed by atoms with Gasteiger partial charge in [-0.25, -0.2) is 0 Å². The van der Waals surface area contributed by atoms with Gasteiger partial charge in [0.05, 0.1) is 6.04 Å². The van der Waals surface area contributed by atoms with Crippen LogP contribution in [0.25, 0.3) is 0 Å². The Morgan fingerprint density at radius 1 is 1.33 bits per heavy atom. The minimum atomic E-state index is -0.0104. The fourth-order valence-corrected chi connectivity index (χ4v) is 4.74. The average molecular weight is 271 g/mol. The highest BCUT2D eigenvalue weighted by molar-refractivity contribution is 6.21. The van der Waals surface area contributed by atoms with Crippen LogP contribution in [0.1, 0.15) is 44.9 Å². The molecule has 3 rings (SSSR count). The van der Waals surface area contributed by atoms with Gasteiger partial charge in [0.25, 0.3) is 0 Å². The average Bonchev–Trinajstić information content (AvgIpc) is 2.91. The van der Waals surface area contributed by atoms with Crippen molar-refractivity contribution in [3.8, 4) is 0 Å². The topological polar surface area (TPSA) is 32.3 Å². The monoisotopic (exact) mass is 270 g/mol. The predicted molar refractivity (Wildman–Crippen MR) is 72.7 cm³/mol. The largest absolute Gasteiger partial charge is 0.349 e. The van der Waals surface area contributed by atoms with E-state index in [0.29, 0.717) is 0 Å². The molecule has 0 bridgehead atoms. The maximum absolute atomic E-state index is 12.5. The summed E-state index contributed by atoms with van der Waals surface area (Å²) in [5.74, 6) is 0.953. The molecule has 3 fully saturated rings. The van der Waals surface area contributed by atoms with Gasteiger partial charge in [0.1, 0.15) is 0 Å². The van der Waals surface area contributed by atoms with Gasteiger partial charge in [-0.2, -0.15) is 0 Å². The number of likely N-dealkylation sites (N-methyl/N-ethyl adjacent to an activating group) is 1. The summed E-state index contributed by atoms with van der Waals surface area (Å²) in [6.07, 6.45) is 8.34. The third kappa shape index (κ3) is 2.05. The van der Waals surface area contributed by atoms with Crippen LogP contribution in [0.4, 0.5) is 0 Å². The molecule has 1 aliphatic heterocycles. The molecule has 0 spiro atoms. The van der Waals surface area contributed by atoms with Crippen molar-refractivity contribution in [2.24, 2.45) is 5.92 Å². The van der Waals surface area contributed by atoms with Crippen LogP contribution >= 0.6 is 11.6 Å². The van der Waals surface area contributed by atoms with Crippen LogP contribution in [-0.2, 0) is 4.79 Å². The molecule has 3 nitrogen and oxygen atoms in total. The second-order valence-electron chi connectivity index (χ2n) is 6.42. The zero-order valence-electron chi connectivity index (χ0n) is 11.1. The van der Waals surface area contributed by atoms with E-state index in [1.807, 2.05) is 7.05 Å². The van der Waals surface area contributed by atoms with Crippen molar-refractivity contribution in [2.45, 2.75) is 61.9 Å². The summed E-state index contributed by atoms with van der Waals surface area (Å²) in [4.78, 5) is 14.6. The van der Waals surface area contributed by atoms with Gasteiger partial charge in [0, 0.05) is 17.5 Å². The molecular formula is C14H23ClN2O. The van der Waals surface area contributed by atoms with E-state index in [1.165, 1.54) is 38.5 Å². The van der Waals surface area contributed by atoms with E-state index in [9.17, 15) is 4.79 Å². The molecule has 1 heterocycles. The van der Waals surface area contributed by atoms with Gasteiger partial charge in [0.2, 0.25) is 5.91 Å². The first-order chi connectivity index (χ1) is 8.61. The Bertz CT molecular complexity index is 337. The van der Waals surface area contributed by atoms with Gasteiger partial charge in [-0.1, -0.05) is 12.8 Å². The molecule has 1 N–H and O–H groups in total. The minimum absolute atomic E-state index is 0.0104. The first-order valence-electron chi connectivity index (χ1n) is 7.27. The lowest BCUT2D eigenvalue weighted by Crippen LogP contribution is -2.53. The van der Waals surface area contributed by atoms with Crippen molar-refractivity contribution in [1.82, 2.24) is 10.2 Å². The van der Waals surface area contributed by atoms with Crippen molar-refractivity contribution in [3.05, 3.63) is 0 Å². The molecule has 1 saturated heterocycles. The lowest BCUT2D eigenvalue weighted by Gasteiger charge is -2.33. The van der Waals surface area contributed by atoms with E-state index >= 15 is 0 Å². The summed E-state index contributed by atoms with van der Waals surface area (Å²) in [7, 11) is 2.01. The van der Waals surface area contributed by atoms with Gasteiger partial charge >= 0.3 is 0 Å². The van der Waals surface area contributed by atoms with Gasteiger partial charge in [-0.3, -0.25) is 9.69 Å². The Kier molecular flexibility index (Phi) is 3.31. The van der Waals surface area contributed by atoms with Crippen molar-refractivity contribution in [1.29, 1.82) is 0 Å². The molecule has 0 aromatic rings. The van der Waals surface area contributed by atoms with Crippen molar-refractivity contribution < 1.29 is 4.79 Å². The molecule has 0 aromatic carbocycles. The maximum Gasteiger partial charge on any atom is 0.237 e. The number of carbonyl (C=O) groups excluding carboxylic acids is 1. The second kappa shape index (κ2) is 4.68. The Labute approximate surface area is 114 Å². The number of likely N-dealkylation sites (tertiary alicyclic amines) is 1. The van der Waals surface area contributed by atoms with E-state index < -0.39 is 0 Å². The highest BCUT2D eigenvalue weighted by Gasteiger charge is 2.48. The van der Waals surface area contributed by atoms with Crippen LogP contribution in [0.2, 0.25) is 0 Å². The molecule has 102 valence electrons. The Hall–Kier alpha value is -0.280. The summed E-state index contributed by atoms with van der Waals surface area (Å²) in [5.41, 5.74) is 0.141. The zero-order chi connectivity index (χ0) is 12.8. The smallest absolute Gasteiger partial charge is 0.237 e. The predicted octanol–water partition coefficient (Wildman–Crippen LogP) is 2.14. The van der Waals surface area contributed by atoms with Crippen LogP contribution in [0.3, 0.4) is 0 Å². The number of nitrogens with zero attached hydrogens (tertiary/aromatic N) is 1. The van der Waals surface area contributed by atoms with E-state index in [1.54, 1.807) is 0 Å². The fourth-order valence-electron chi connectivity index (χ4n) is 4.36. The third-order valence-electron chi connectivity index (χ3n) is 5.30. The van der Waals surface area contributed by atoms with Crippen molar-refractivity contribution in [2.75, 3.05) is 13.6 Å². The third-order valence-corrected chi connectivity index (χ3v) is 5.62. The highest BCUT2D eigenvalue weighted by atomic mass is 35.5. The Morgan fingerprint density at radius 3 is 2.56 bits per heavy atom. The number of halogens is 1. The summed E-state index contributed by atoms with van der Waals surface area (Å²) >= 11 is 6.15. The Balaban J connectivity index is 1.67. The molecular weight excluding hydrogens is 248 g/mol. The number of alkyl halides is 1. The summed E-state index contributed by atoms with van der Waals surface area (Å²) < 4.78 is 0. The molecule has 0 radical (unpaired) electrons. The quantitative estimate of drug-likeness (QED) is 0.780. The van der Waals surface area contributed by atoms with Crippen molar-refractivity contribution in [3.63, 3.8) is 0 Å². The highest BCUT2D eigenvalue weighted by Crippen LogP contribution is 2.47. The van der Waals surface area contributed by atoms with Crippen LogP contribution < -0.4 is 5.32 Å². The number of amides is 1. The molecule has 4 heteroatoms. The molecule has 2 aliphatic carbocycles. The van der Waals surface area contributed by atoms with E-state index in [4.69, 9.17) is 11.6 Å². The molecule has 18 heavy (non-hydrogen) atoms. The Morgan fingerprint density at radius 2 is 2.00 bits per heavy atom. The first-order valence-corrected chi connectivity index (χ1v) is 7.71. The number of hydrogen-bond donors (Lipinski definition) is 1. The first kappa shape index (κ1) is 12.7. The zero-order valence-corrected chi connectivity index (χ0v) is 11.9. The molecule has 0 aromatic heterocycles. The van der Waals surface area contributed by atoms with Gasteiger partial charge in [0.15, 0.2) is 0 Å². The molecule has 2 unspecified atom stereocenters. The van der Waals surface area contributed by atoms with E-state index in [0.717, 1.165) is 18.9 Å². The lowest BCUT2D eigenvalue weighted by molar-refractivity contribution is -0.127.